The smallest absolute Gasteiger partial charge is 0.255 e. The summed E-state index contributed by atoms with van der Waals surface area (Å²) in [5.41, 5.74) is 8.09. The quantitative estimate of drug-likeness (QED) is 0.818. The Balaban J connectivity index is 2.20. The summed E-state index contributed by atoms with van der Waals surface area (Å²) in [6, 6.07) is 10.0. The van der Waals surface area contributed by atoms with Gasteiger partial charge in [0.15, 0.2) is 0 Å². The molecule has 5 heteroatoms. The van der Waals surface area contributed by atoms with Crippen LogP contribution in [0.25, 0.3) is 0 Å². The number of carbonyl (C=O) groups is 1. The third kappa shape index (κ3) is 3.19. The zero-order chi connectivity index (χ0) is 14.0. The first kappa shape index (κ1) is 13.7. The topological polar surface area (TPSA) is 55.1 Å². The van der Waals surface area contributed by atoms with Crippen LogP contribution in [0, 0.1) is 6.92 Å². The lowest BCUT2D eigenvalue weighted by molar-refractivity contribution is 0.102. The average Bonchev–Trinajstić information content (AvgIpc) is 2.37. The molecule has 3 N–H and O–H groups in total. The molecule has 2 aromatic carbocycles. The van der Waals surface area contributed by atoms with Gasteiger partial charge in [-0.05, 0) is 48.9 Å². The van der Waals surface area contributed by atoms with E-state index >= 15 is 0 Å². The Kier molecular flexibility index (Phi) is 3.98. The Morgan fingerprint density at radius 1 is 1.11 bits per heavy atom. The Hall–Kier alpha value is -1.71. The summed E-state index contributed by atoms with van der Waals surface area (Å²) in [5, 5.41) is 3.84. The summed E-state index contributed by atoms with van der Waals surface area (Å²) in [4.78, 5) is 12.0. The monoisotopic (exact) mass is 294 g/mol. The molecule has 3 nitrogen and oxygen atoms in total. The van der Waals surface area contributed by atoms with E-state index in [1.54, 1.807) is 36.4 Å². The molecule has 0 fully saturated rings. The molecule has 0 saturated heterocycles. The lowest BCUT2D eigenvalue weighted by atomic mass is 10.1. The molecular weight excluding hydrogens is 283 g/mol. The highest BCUT2D eigenvalue weighted by Crippen LogP contribution is 2.23. The van der Waals surface area contributed by atoms with E-state index in [1.165, 1.54) is 0 Å². The van der Waals surface area contributed by atoms with E-state index in [2.05, 4.69) is 5.32 Å². The first-order chi connectivity index (χ1) is 8.97. The highest BCUT2D eigenvalue weighted by molar-refractivity contribution is 6.33. The van der Waals surface area contributed by atoms with Crippen molar-refractivity contribution in [2.45, 2.75) is 6.92 Å². The highest BCUT2D eigenvalue weighted by Gasteiger charge is 2.08. The van der Waals surface area contributed by atoms with Gasteiger partial charge in [-0.1, -0.05) is 23.2 Å². The molecule has 0 aliphatic carbocycles. The number of amides is 1. The van der Waals surface area contributed by atoms with Crippen LogP contribution in [-0.2, 0) is 0 Å². The van der Waals surface area contributed by atoms with Gasteiger partial charge in [-0.3, -0.25) is 4.79 Å². The van der Waals surface area contributed by atoms with Gasteiger partial charge in [0.1, 0.15) is 0 Å². The normalized spacial score (nSPS) is 10.3. The number of carbonyl (C=O) groups excluding carboxylic acids is 1. The predicted octanol–water partition coefficient (Wildman–Crippen LogP) is 4.14. The van der Waals surface area contributed by atoms with Crippen molar-refractivity contribution in [2.75, 3.05) is 11.1 Å². The van der Waals surface area contributed by atoms with Crippen LogP contribution in [0.1, 0.15) is 15.9 Å². The number of hydrogen-bond donors (Lipinski definition) is 2. The van der Waals surface area contributed by atoms with E-state index < -0.39 is 0 Å². The Morgan fingerprint density at radius 2 is 1.79 bits per heavy atom. The zero-order valence-electron chi connectivity index (χ0n) is 10.2. The summed E-state index contributed by atoms with van der Waals surface area (Å²) in [6.45, 7) is 1.85. The van der Waals surface area contributed by atoms with Crippen molar-refractivity contribution in [1.29, 1.82) is 0 Å². The van der Waals surface area contributed by atoms with E-state index in [-0.39, 0.29) is 5.91 Å². The highest BCUT2D eigenvalue weighted by atomic mass is 35.5. The molecule has 0 atom stereocenters. The van der Waals surface area contributed by atoms with Crippen LogP contribution >= 0.6 is 23.2 Å². The second kappa shape index (κ2) is 5.51. The molecule has 0 aromatic heterocycles. The number of benzene rings is 2. The summed E-state index contributed by atoms with van der Waals surface area (Å²) in [7, 11) is 0. The molecule has 2 rings (SSSR count). The van der Waals surface area contributed by atoms with Crippen molar-refractivity contribution in [3.8, 4) is 0 Å². The molecule has 0 aliphatic heterocycles. The van der Waals surface area contributed by atoms with Crippen molar-refractivity contribution in [2.24, 2.45) is 0 Å². The minimum atomic E-state index is -0.221. The van der Waals surface area contributed by atoms with Gasteiger partial charge in [-0.25, -0.2) is 0 Å². The maximum Gasteiger partial charge on any atom is 0.255 e. The second-order valence-electron chi connectivity index (χ2n) is 4.15. The number of hydrogen-bond acceptors (Lipinski definition) is 2. The van der Waals surface area contributed by atoms with Crippen molar-refractivity contribution in [3.05, 3.63) is 57.6 Å². The Morgan fingerprint density at radius 3 is 2.42 bits per heavy atom. The van der Waals surface area contributed by atoms with Crippen LogP contribution in [0.5, 0.6) is 0 Å². The SMILES string of the molecule is Cc1cc(C(=O)Nc2ccc(Cl)c(N)c2)ccc1Cl. The van der Waals surface area contributed by atoms with Gasteiger partial charge in [0.2, 0.25) is 0 Å². The van der Waals surface area contributed by atoms with Crippen LogP contribution in [0.4, 0.5) is 11.4 Å². The number of anilines is 2. The second-order valence-corrected chi connectivity index (χ2v) is 4.97. The van der Waals surface area contributed by atoms with E-state index in [0.717, 1.165) is 5.56 Å². The molecule has 0 saturated carbocycles. The lowest BCUT2D eigenvalue weighted by Gasteiger charge is -2.08. The van der Waals surface area contributed by atoms with Gasteiger partial charge in [0, 0.05) is 16.3 Å². The lowest BCUT2D eigenvalue weighted by Crippen LogP contribution is -2.12. The molecule has 0 bridgehead atoms. The number of halogens is 2. The molecule has 98 valence electrons. The summed E-state index contributed by atoms with van der Waals surface area (Å²) in [6.07, 6.45) is 0. The third-order valence-electron chi connectivity index (χ3n) is 2.67. The molecule has 1 amide bonds. The predicted molar refractivity (Wildman–Crippen MR) is 80.0 cm³/mol. The van der Waals surface area contributed by atoms with Crippen LogP contribution in [0.3, 0.4) is 0 Å². The fourth-order valence-electron chi connectivity index (χ4n) is 1.61. The van der Waals surface area contributed by atoms with Crippen molar-refractivity contribution in [1.82, 2.24) is 0 Å². The summed E-state index contributed by atoms with van der Waals surface area (Å²) in [5.74, 6) is -0.221. The van der Waals surface area contributed by atoms with Crippen molar-refractivity contribution in [3.63, 3.8) is 0 Å². The summed E-state index contributed by atoms with van der Waals surface area (Å²) < 4.78 is 0. The minimum absolute atomic E-state index is 0.221. The fourth-order valence-corrected chi connectivity index (χ4v) is 1.85. The molecule has 0 heterocycles. The first-order valence-corrected chi connectivity index (χ1v) is 6.35. The van der Waals surface area contributed by atoms with Crippen LogP contribution in [0.15, 0.2) is 36.4 Å². The molecule has 0 radical (unpaired) electrons. The molecule has 19 heavy (non-hydrogen) atoms. The van der Waals surface area contributed by atoms with E-state index in [0.29, 0.717) is 27.0 Å². The van der Waals surface area contributed by atoms with Crippen molar-refractivity contribution < 1.29 is 4.79 Å². The molecule has 0 spiro atoms. The Labute approximate surface area is 121 Å². The number of nitrogens with one attached hydrogen (secondary N) is 1. The first-order valence-electron chi connectivity index (χ1n) is 5.60. The largest absolute Gasteiger partial charge is 0.397 e. The number of aryl methyl sites for hydroxylation is 1. The maximum absolute atomic E-state index is 12.0. The number of nitrogens with two attached hydrogens (primary N) is 1. The van der Waals surface area contributed by atoms with Crippen LogP contribution in [-0.4, -0.2) is 5.91 Å². The molecule has 0 unspecified atom stereocenters. The summed E-state index contributed by atoms with van der Waals surface area (Å²) >= 11 is 11.7. The van der Waals surface area contributed by atoms with Crippen LogP contribution in [0.2, 0.25) is 10.0 Å². The van der Waals surface area contributed by atoms with Gasteiger partial charge in [0.05, 0.1) is 10.7 Å². The number of rotatable bonds is 2. The van der Waals surface area contributed by atoms with E-state index in [4.69, 9.17) is 28.9 Å². The zero-order valence-corrected chi connectivity index (χ0v) is 11.7. The van der Waals surface area contributed by atoms with Gasteiger partial charge < -0.3 is 11.1 Å². The van der Waals surface area contributed by atoms with Gasteiger partial charge in [-0.15, -0.1) is 0 Å². The van der Waals surface area contributed by atoms with E-state index in [1.807, 2.05) is 6.92 Å². The third-order valence-corrected chi connectivity index (χ3v) is 3.44. The molecule has 2 aromatic rings. The van der Waals surface area contributed by atoms with E-state index in [9.17, 15) is 4.79 Å². The maximum atomic E-state index is 12.0. The van der Waals surface area contributed by atoms with Crippen molar-refractivity contribution >= 4 is 40.5 Å². The molecular formula is C14H12Cl2N2O. The number of nitrogen functional groups attached to an aromatic ring is 1. The van der Waals surface area contributed by atoms with Gasteiger partial charge in [-0.2, -0.15) is 0 Å². The fraction of sp³-hybridized carbons (Fsp3) is 0.0714. The standard InChI is InChI=1S/C14H12Cl2N2O/c1-8-6-9(2-4-11(8)15)14(19)18-10-3-5-12(16)13(17)7-10/h2-7H,17H2,1H3,(H,18,19). The van der Waals surface area contributed by atoms with Gasteiger partial charge >= 0.3 is 0 Å². The molecule has 0 aliphatic rings. The Bertz CT molecular complexity index is 641. The minimum Gasteiger partial charge on any atom is -0.397 e. The van der Waals surface area contributed by atoms with Crippen LogP contribution < -0.4 is 11.1 Å². The average molecular weight is 295 g/mol. The van der Waals surface area contributed by atoms with Gasteiger partial charge in [0.25, 0.3) is 5.91 Å².